The van der Waals surface area contributed by atoms with Gasteiger partial charge >= 0.3 is 0 Å². The van der Waals surface area contributed by atoms with Crippen molar-refractivity contribution in [1.82, 2.24) is 9.97 Å². The number of methoxy groups -OCH3 is 1. The third-order valence-electron chi connectivity index (χ3n) is 2.58. The summed E-state index contributed by atoms with van der Waals surface area (Å²) >= 11 is 0. The van der Waals surface area contributed by atoms with E-state index in [0.29, 0.717) is 29.3 Å². The van der Waals surface area contributed by atoms with E-state index in [1.54, 1.807) is 7.11 Å². The van der Waals surface area contributed by atoms with Crippen molar-refractivity contribution in [2.45, 2.75) is 19.4 Å². The maximum absolute atomic E-state index is 5.32. The van der Waals surface area contributed by atoms with E-state index in [1.165, 1.54) is 12.7 Å². The van der Waals surface area contributed by atoms with Gasteiger partial charge in [-0.3, -0.25) is 0 Å². The summed E-state index contributed by atoms with van der Waals surface area (Å²) in [4.78, 5) is 8.09. The molecule has 1 heterocycles. The van der Waals surface area contributed by atoms with Gasteiger partial charge in [-0.2, -0.15) is 0 Å². The number of hydrogen-bond acceptors (Lipinski definition) is 6. The van der Waals surface area contributed by atoms with Crippen LogP contribution in [0.5, 0.6) is 5.75 Å². The first kappa shape index (κ1) is 9.97. The van der Waals surface area contributed by atoms with E-state index < -0.39 is 0 Å². The summed E-state index contributed by atoms with van der Waals surface area (Å²) in [6, 6.07) is 0.486. The minimum absolute atomic E-state index is 0.486. The molecule has 2 atom stereocenters. The molecule has 0 saturated heterocycles. The minimum Gasteiger partial charge on any atom is -0.490 e. The summed E-state index contributed by atoms with van der Waals surface area (Å²) in [5.74, 6) is 7.75. The number of hydrazine groups is 1. The van der Waals surface area contributed by atoms with Crippen molar-refractivity contribution in [3.05, 3.63) is 6.33 Å². The Kier molecular flexibility index (Phi) is 2.59. The number of hydrogen-bond donors (Lipinski definition) is 3. The highest BCUT2D eigenvalue weighted by Crippen LogP contribution is 2.36. The van der Waals surface area contributed by atoms with Crippen LogP contribution in [-0.2, 0) is 0 Å². The van der Waals surface area contributed by atoms with Crippen molar-refractivity contribution in [1.29, 1.82) is 0 Å². The van der Waals surface area contributed by atoms with Gasteiger partial charge in [0.15, 0.2) is 11.6 Å². The Balaban J connectivity index is 2.21. The second kappa shape index (κ2) is 3.90. The first-order chi connectivity index (χ1) is 7.26. The van der Waals surface area contributed by atoms with Crippen molar-refractivity contribution < 1.29 is 4.74 Å². The van der Waals surface area contributed by atoms with Gasteiger partial charge < -0.3 is 15.5 Å². The number of anilines is 2. The number of nitrogens with one attached hydrogen (secondary N) is 2. The molecule has 2 rings (SSSR count). The number of aromatic nitrogens is 2. The molecule has 1 aromatic rings. The molecule has 6 heteroatoms. The smallest absolute Gasteiger partial charge is 0.205 e. The zero-order valence-corrected chi connectivity index (χ0v) is 8.82. The van der Waals surface area contributed by atoms with Gasteiger partial charge in [0.25, 0.3) is 0 Å². The lowest BCUT2D eigenvalue weighted by Crippen LogP contribution is -2.13. The van der Waals surface area contributed by atoms with Crippen LogP contribution in [0.3, 0.4) is 0 Å². The van der Waals surface area contributed by atoms with Crippen LogP contribution in [0.4, 0.5) is 11.6 Å². The average Bonchev–Trinajstić information content (AvgIpc) is 2.94. The fourth-order valence-corrected chi connectivity index (χ4v) is 1.47. The maximum atomic E-state index is 5.32. The molecule has 0 amide bonds. The van der Waals surface area contributed by atoms with E-state index in [4.69, 9.17) is 10.6 Å². The average molecular weight is 209 g/mol. The number of nitrogens with two attached hydrogens (primary N) is 1. The van der Waals surface area contributed by atoms with E-state index in [9.17, 15) is 0 Å². The first-order valence-corrected chi connectivity index (χ1v) is 4.88. The Morgan fingerprint density at radius 3 is 2.67 bits per heavy atom. The van der Waals surface area contributed by atoms with Crippen molar-refractivity contribution in [2.24, 2.45) is 11.8 Å². The molecule has 1 fully saturated rings. The third-order valence-corrected chi connectivity index (χ3v) is 2.58. The maximum Gasteiger partial charge on any atom is 0.205 e. The monoisotopic (exact) mass is 209 g/mol. The molecule has 0 aliphatic heterocycles. The Morgan fingerprint density at radius 2 is 2.13 bits per heavy atom. The van der Waals surface area contributed by atoms with Gasteiger partial charge in [-0.15, -0.1) is 0 Å². The molecule has 0 bridgehead atoms. The highest BCUT2D eigenvalue weighted by atomic mass is 16.5. The van der Waals surface area contributed by atoms with Gasteiger partial charge in [0.2, 0.25) is 5.75 Å². The largest absolute Gasteiger partial charge is 0.490 e. The Hall–Kier alpha value is -1.56. The number of nitrogens with zero attached hydrogens (tertiary/aromatic N) is 2. The Labute approximate surface area is 88.2 Å². The van der Waals surface area contributed by atoms with E-state index >= 15 is 0 Å². The summed E-state index contributed by atoms with van der Waals surface area (Å²) in [6.45, 7) is 2.19. The third kappa shape index (κ3) is 1.94. The van der Waals surface area contributed by atoms with Crippen molar-refractivity contribution in [2.75, 3.05) is 17.9 Å². The van der Waals surface area contributed by atoms with Gasteiger partial charge in [0.1, 0.15) is 6.33 Å². The van der Waals surface area contributed by atoms with Crippen LogP contribution in [0.2, 0.25) is 0 Å². The fraction of sp³-hybridized carbons (Fsp3) is 0.556. The molecule has 1 aliphatic carbocycles. The fourth-order valence-electron chi connectivity index (χ4n) is 1.47. The van der Waals surface area contributed by atoms with Crippen LogP contribution in [0.1, 0.15) is 13.3 Å². The van der Waals surface area contributed by atoms with Crippen molar-refractivity contribution in [3.63, 3.8) is 0 Å². The SMILES string of the molecule is COc1c(NN)ncnc1NC1CC1C. The molecule has 6 nitrogen and oxygen atoms in total. The van der Waals surface area contributed by atoms with E-state index in [-0.39, 0.29) is 0 Å². The molecule has 0 aromatic carbocycles. The predicted octanol–water partition coefficient (Wildman–Crippen LogP) is 0.591. The molecule has 4 N–H and O–H groups in total. The quantitative estimate of drug-likeness (QED) is 0.497. The van der Waals surface area contributed by atoms with Gasteiger partial charge in [-0.25, -0.2) is 15.8 Å². The van der Waals surface area contributed by atoms with Gasteiger partial charge in [-0.1, -0.05) is 6.92 Å². The van der Waals surface area contributed by atoms with Crippen LogP contribution < -0.4 is 21.3 Å². The molecule has 15 heavy (non-hydrogen) atoms. The van der Waals surface area contributed by atoms with Crippen LogP contribution in [0, 0.1) is 5.92 Å². The lowest BCUT2D eigenvalue weighted by atomic mass is 10.4. The lowest BCUT2D eigenvalue weighted by Gasteiger charge is -2.11. The zero-order chi connectivity index (χ0) is 10.8. The van der Waals surface area contributed by atoms with Crippen molar-refractivity contribution in [3.8, 4) is 5.75 Å². The molecule has 1 aliphatic rings. The Morgan fingerprint density at radius 1 is 1.47 bits per heavy atom. The summed E-state index contributed by atoms with van der Waals surface area (Å²) < 4.78 is 5.20. The summed E-state index contributed by atoms with van der Waals surface area (Å²) in [7, 11) is 1.57. The van der Waals surface area contributed by atoms with Gasteiger partial charge in [-0.05, 0) is 12.3 Å². The summed E-state index contributed by atoms with van der Waals surface area (Å²) in [6.07, 6.45) is 2.62. The summed E-state index contributed by atoms with van der Waals surface area (Å²) in [5, 5.41) is 3.29. The standard InChI is InChI=1S/C9H15N5O/c1-5-3-6(5)13-8-7(15-2)9(14-10)12-4-11-8/h4-6H,3,10H2,1-2H3,(H2,11,12,13,14). The molecule has 1 saturated carbocycles. The summed E-state index contributed by atoms with van der Waals surface area (Å²) in [5.41, 5.74) is 2.48. The van der Waals surface area contributed by atoms with E-state index in [1.807, 2.05) is 0 Å². The van der Waals surface area contributed by atoms with Crippen LogP contribution in [-0.4, -0.2) is 23.1 Å². The topological polar surface area (TPSA) is 85.1 Å². The van der Waals surface area contributed by atoms with Crippen LogP contribution >= 0.6 is 0 Å². The van der Waals surface area contributed by atoms with Gasteiger partial charge in [0, 0.05) is 6.04 Å². The second-order valence-corrected chi connectivity index (χ2v) is 3.71. The Bertz CT molecular complexity index is 356. The molecule has 82 valence electrons. The molecule has 1 aromatic heterocycles. The van der Waals surface area contributed by atoms with Crippen LogP contribution in [0.15, 0.2) is 6.33 Å². The highest BCUT2D eigenvalue weighted by molar-refractivity contribution is 5.63. The minimum atomic E-state index is 0.486. The molecule has 0 spiro atoms. The zero-order valence-electron chi connectivity index (χ0n) is 8.82. The van der Waals surface area contributed by atoms with Crippen LogP contribution in [0.25, 0.3) is 0 Å². The molecular weight excluding hydrogens is 194 g/mol. The molecule has 0 radical (unpaired) electrons. The van der Waals surface area contributed by atoms with Gasteiger partial charge in [0.05, 0.1) is 7.11 Å². The molecular formula is C9H15N5O. The van der Waals surface area contributed by atoms with Crippen molar-refractivity contribution >= 4 is 11.6 Å². The van der Waals surface area contributed by atoms with E-state index in [2.05, 4.69) is 27.6 Å². The normalized spacial score (nSPS) is 23.4. The highest BCUT2D eigenvalue weighted by Gasteiger charge is 2.33. The first-order valence-electron chi connectivity index (χ1n) is 4.88. The predicted molar refractivity (Wildman–Crippen MR) is 57.6 cm³/mol. The second-order valence-electron chi connectivity index (χ2n) is 3.71. The lowest BCUT2D eigenvalue weighted by molar-refractivity contribution is 0.414. The number of ether oxygens (including phenoxy) is 1. The number of nitrogen functional groups attached to an aromatic ring is 1. The number of rotatable bonds is 4. The molecule has 2 unspecified atom stereocenters. The van der Waals surface area contributed by atoms with E-state index in [0.717, 1.165) is 0 Å².